The quantitative estimate of drug-likeness (QED) is 0.623. The number of carbonyl (C=O) groups is 2. The van der Waals surface area contributed by atoms with Crippen molar-refractivity contribution < 1.29 is 23.8 Å². The number of rotatable bonds is 10. The number of carboxylic acids is 1. The summed E-state index contributed by atoms with van der Waals surface area (Å²) in [6.07, 6.45) is 2.51. The van der Waals surface area contributed by atoms with Crippen molar-refractivity contribution in [3.63, 3.8) is 0 Å². The Morgan fingerprint density at radius 1 is 1.21 bits per heavy atom. The molecular weight excluding hydrogens is 362 g/mol. The first-order valence-corrected chi connectivity index (χ1v) is 9.60. The molecule has 0 saturated heterocycles. The third kappa shape index (κ3) is 5.58. The van der Waals surface area contributed by atoms with E-state index in [4.69, 9.17) is 9.15 Å². The van der Waals surface area contributed by atoms with Crippen LogP contribution in [0.2, 0.25) is 0 Å². The topological polar surface area (TPSA) is 109 Å². The molecule has 0 fully saturated rings. The molecule has 7 heteroatoms. The zero-order valence-electron chi connectivity index (χ0n) is 16.4. The molecule has 2 aromatic rings. The van der Waals surface area contributed by atoms with Crippen LogP contribution in [0.15, 0.2) is 33.5 Å². The van der Waals surface area contributed by atoms with E-state index in [9.17, 15) is 19.5 Å². The summed E-state index contributed by atoms with van der Waals surface area (Å²) in [6.45, 7) is 5.48. The molecule has 152 valence electrons. The summed E-state index contributed by atoms with van der Waals surface area (Å²) in [4.78, 5) is 35.2. The Hall–Kier alpha value is -2.83. The molecule has 0 aliphatic carbocycles. The van der Waals surface area contributed by atoms with Crippen molar-refractivity contribution in [2.75, 3.05) is 0 Å². The summed E-state index contributed by atoms with van der Waals surface area (Å²) >= 11 is 0. The molecule has 1 amide bonds. The van der Waals surface area contributed by atoms with Gasteiger partial charge >= 0.3 is 5.63 Å². The van der Waals surface area contributed by atoms with Gasteiger partial charge in [0.15, 0.2) is 6.10 Å². The average Bonchev–Trinajstić information content (AvgIpc) is 2.64. The first-order valence-electron chi connectivity index (χ1n) is 9.60. The summed E-state index contributed by atoms with van der Waals surface area (Å²) in [5, 5.41) is 14.4. The van der Waals surface area contributed by atoms with Gasteiger partial charge in [0, 0.05) is 17.5 Å². The van der Waals surface area contributed by atoms with E-state index in [-0.39, 0.29) is 0 Å². The maximum Gasteiger partial charge on any atom is 0.336 e. The first kappa shape index (κ1) is 21.5. The number of carbonyl (C=O) groups excluding carboxylic acids is 2. The predicted octanol–water partition coefficient (Wildman–Crippen LogP) is 1.94. The van der Waals surface area contributed by atoms with Crippen LogP contribution in [0.1, 0.15) is 52.0 Å². The standard InChI is InChI=1S/C21H27NO6/c1-4-6-8-17(21(25)26)22-20(24)13(3)27-15-9-10-16-14(7-5-2)11-19(23)28-18(16)12-15/h9-13,17H,4-8H2,1-3H3,(H,22,24)(H,25,26)/p-1/t13-,17-/m1/s1. The van der Waals surface area contributed by atoms with Crippen molar-refractivity contribution in [3.05, 3.63) is 40.2 Å². The molecule has 0 aliphatic heterocycles. The van der Waals surface area contributed by atoms with Crippen molar-refractivity contribution in [1.82, 2.24) is 5.32 Å². The number of benzene rings is 1. The maximum absolute atomic E-state index is 12.3. The van der Waals surface area contributed by atoms with E-state index in [1.807, 2.05) is 13.8 Å². The predicted molar refractivity (Wildman–Crippen MR) is 103 cm³/mol. The number of nitrogens with one attached hydrogen (secondary N) is 1. The van der Waals surface area contributed by atoms with E-state index >= 15 is 0 Å². The van der Waals surface area contributed by atoms with Gasteiger partial charge in [-0.3, -0.25) is 4.79 Å². The molecule has 1 aromatic heterocycles. The van der Waals surface area contributed by atoms with Crippen molar-refractivity contribution in [3.8, 4) is 5.75 Å². The van der Waals surface area contributed by atoms with E-state index in [1.165, 1.54) is 13.0 Å². The monoisotopic (exact) mass is 388 g/mol. The fourth-order valence-corrected chi connectivity index (χ4v) is 2.96. The van der Waals surface area contributed by atoms with Gasteiger partial charge in [0.05, 0.1) is 12.0 Å². The van der Waals surface area contributed by atoms with Crippen LogP contribution in [-0.4, -0.2) is 24.0 Å². The molecule has 0 radical (unpaired) electrons. The number of hydrogen-bond donors (Lipinski definition) is 1. The Kier molecular flexibility index (Phi) is 7.61. The second-order valence-corrected chi connectivity index (χ2v) is 6.78. The minimum Gasteiger partial charge on any atom is -0.548 e. The number of fused-ring (bicyclic) bond motifs is 1. The van der Waals surface area contributed by atoms with E-state index in [2.05, 4.69) is 5.32 Å². The summed E-state index contributed by atoms with van der Waals surface area (Å²) in [5.74, 6) is -1.51. The number of amides is 1. The average molecular weight is 388 g/mol. The minimum absolute atomic E-state index is 0.304. The highest BCUT2D eigenvalue weighted by Crippen LogP contribution is 2.24. The largest absolute Gasteiger partial charge is 0.548 e. The van der Waals surface area contributed by atoms with Gasteiger partial charge in [-0.1, -0.05) is 33.1 Å². The van der Waals surface area contributed by atoms with Crippen LogP contribution in [0.3, 0.4) is 0 Å². The molecule has 0 spiro atoms. The fourth-order valence-electron chi connectivity index (χ4n) is 2.96. The summed E-state index contributed by atoms with van der Waals surface area (Å²) < 4.78 is 10.9. The van der Waals surface area contributed by atoms with E-state index in [0.717, 1.165) is 30.2 Å². The van der Waals surface area contributed by atoms with Gasteiger partial charge in [-0.05, 0) is 37.5 Å². The highest BCUT2D eigenvalue weighted by atomic mass is 16.5. The SMILES string of the molecule is CCCC[C@@H](NC(=O)[C@@H](C)Oc1ccc2c(CCC)cc(=O)oc2c1)C(=O)[O-]. The molecule has 1 aromatic carbocycles. The van der Waals surface area contributed by atoms with Crippen LogP contribution in [0.5, 0.6) is 5.75 Å². The molecule has 0 aliphatic rings. The number of ether oxygens (including phenoxy) is 1. The molecule has 1 heterocycles. The third-order valence-corrected chi connectivity index (χ3v) is 4.45. The van der Waals surface area contributed by atoms with Crippen LogP contribution in [0, 0.1) is 0 Å². The van der Waals surface area contributed by atoms with Crippen LogP contribution >= 0.6 is 0 Å². The number of unbranched alkanes of at least 4 members (excludes halogenated alkanes) is 1. The van der Waals surface area contributed by atoms with Crippen molar-refractivity contribution >= 4 is 22.8 Å². The number of hydrogen-bond acceptors (Lipinski definition) is 6. The molecular formula is C21H26NO6-. The molecule has 0 bridgehead atoms. The van der Waals surface area contributed by atoms with E-state index < -0.39 is 29.6 Å². The number of aryl methyl sites for hydroxylation is 1. The molecule has 2 rings (SSSR count). The van der Waals surface area contributed by atoms with Gasteiger partial charge in [0.25, 0.3) is 5.91 Å². The Balaban J connectivity index is 2.13. The normalized spacial score (nSPS) is 13.1. The molecule has 2 atom stereocenters. The summed E-state index contributed by atoms with van der Waals surface area (Å²) in [5.41, 5.74) is 0.849. The summed E-state index contributed by atoms with van der Waals surface area (Å²) in [7, 11) is 0. The van der Waals surface area contributed by atoms with E-state index in [1.54, 1.807) is 18.2 Å². The lowest BCUT2D eigenvalue weighted by atomic mass is 10.1. The van der Waals surface area contributed by atoms with Crippen LogP contribution in [-0.2, 0) is 16.0 Å². The van der Waals surface area contributed by atoms with Crippen molar-refractivity contribution in [2.24, 2.45) is 0 Å². The zero-order valence-corrected chi connectivity index (χ0v) is 16.4. The highest BCUT2D eigenvalue weighted by molar-refractivity contribution is 5.86. The number of carboxylic acid groups (broad SMARTS) is 1. The third-order valence-electron chi connectivity index (χ3n) is 4.45. The molecule has 1 N–H and O–H groups in total. The summed E-state index contributed by atoms with van der Waals surface area (Å²) in [6, 6.07) is 5.48. The van der Waals surface area contributed by atoms with Crippen molar-refractivity contribution in [2.45, 2.75) is 65.0 Å². The molecule has 7 nitrogen and oxygen atoms in total. The lowest BCUT2D eigenvalue weighted by molar-refractivity contribution is -0.308. The highest BCUT2D eigenvalue weighted by Gasteiger charge is 2.20. The second-order valence-electron chi connectivity index (χ2n) is 6.78. The Morgan fingerprint density at radius 3 is 2.61 bits per heavy atom. The number of aliphatic carboxylic acids is 1. The Labute approximate surface area is 163 Å². The van der Waals surface area contributed by atoms with Crippen LogP contribution < -0.4 is 20.8 Å². The maximum atomic E-state index is 12.3. The smallest absolute Gasteiger partial charge is 0.336 e. The van der Waals surface area contributed by atoms with Gasteiger partial charge in [0.2, 0.25) is 0 Å². The molecule has 0 saturated carbocycles. The Morgan fingerprint density at radius 2 is 1.96 bits per heavy atom. The van der Waals surface area contributed by atoms with Gasteiger partial charge in [-0.15, -0.1) is 0 Å². The second kappa shape index (κ2) is 9.92. The van der Waals surface area contributed by atoms with Crippen LogP contribution in [0.25, 0.3) is 11.0 Å². The lowest BCUT2D eigenvalue weighted by Crippen LogP contribution is -2.51. The lowest BCUT2D eigenvalue weighted by Gasteiger charge is -2.22. The van der Waals surface area contributed by atoms with Crippen LogP contribution in [0.4, 0.5) is 0 Å². The van der Waals surface area contributed by atoms with Crippen molar-refractivity contribution in [1.29, 1.82) is 0 Å². The van der Waals surface area contributed by atoms with Gasteiger partial charge in [-0.2, -0.15) is 0 Å². The molecule has 0 unspecified atom stereocenters. The first-order chi connectivity index (χ1) is 13.3. The minimum atomic E-state index is -1.31. The molecule has 28 heavy (non-hydrogen) atoms. The van der Waals surface area contributed by atoms with Gasteiger partial charge in [-0.25, -0.2) is 4.79 Å². The van der Waals surface area contributed by atoms with E-state index in [0.29, 0.717) is 24.2 Å². The zero-order chi connectivity index (χ0) is 20.7. The van der Waals surface area contributed by atoms with Gasteiger partial charge in [0.1, 0.15) is 11.3 Å². The fraction of sp³-hybridized carbons (Fsp3) is 0.476. The Bertz CT molecular complexity index is 888. The van der Waals surface area contributed by atoms with Gasteiger partial charge < -0.3 is 24.4 Å².